The molecular weight excluding hydrogens is 462 g/mol. The van der Waals surface area contributed by atoms with Gasteiger partial charge in [0.15, 0.2) is 10.1 Å². The van der Waals surface area contributed by atoms with Gasteiger partial charge in [-0.1, -0.05) is 0 Å². The van der Waals surface area contributed by atoms with Crippen molar-refractivity contribution < 1.29 is 104 Å². The van der Waals surface area contributed by atoms with Crippen LogP contribution in [0.2, 0.25) is 0 Å². The second-order valence-corrected chi connectivity index (χ2v) is 5.38. The summed E-state index contributed by atoms with van der Waals surface area (Å²) in [6.45, 7) is 0. The molecule has 0 spiro atoms. The molecule has 0 saturated heterocycles. The van der Waals surface area contributed by atoms with Gasteiger partial charge in [-0.2, -0.15) is 35.1 Å². The molecule has 15 heteroatoms. The maximum Gasteiger partial charge on any atom is 1.00 e. The average molecular weight is 462 g/mol. The van der Waals surface area contributed by atoms with Crippen LogP contribution < -0.4 is 51.4 Å². The summed E-state index contributed by atoms with van der Waals surface area (Å²) < 4.78 is 123. The Morgan fingerprint density at radius 1 is 0.895 bits per heavy atom. The number of alkyl halides is 9. The normalized spacial score (nSPS) is 15.1. The van der Waals surface area contributed by atoms with Crippen LogP contribution in [0.5, 0.6) is 0 Å². The van der Waals surface area contributed by atoms with Gasteiger partial charge in [0, 0.05) is 22.6 Å². The van der Waals surface area contributed by atoms with Crippen LogP contribution in [0.4, 0.5) is 35.1 Å². The molecule has 0 aromatic rings. The molecule has 0 heterocycles. The molecular formula is C4F8IKO4S. The van der Waals surface area contributed by atoms with Crippen molar-refractivity contribution in [2.75, 3.05) is 0 Å². The molecule has 4 nitrogen and oxygen atoms in total. The molecule has 110 valence electrons. The quantitative estimate of drug-likeness (QED) is 0.179. The molecule has 0 aliphatic heterocycles. The second kappa shape index (κ2) is 6.43. The summed E-state index contributed by atoms with van der Waals surface area (Å²) in [6, 6.07) is 0. The van der Waals surface area contributed by atoms with E-state index in [1.54, 1.807) is 0 Å². The summed E-state index contributed by atoms with van der Waals surface area (Å²) in [5, 5.41) is -6.65. The molecule has 0 N–H and O–H groups in total. The predicted molar refractivity (Wildman–Crippen MR) is 44.6 cm³/mol. The third kappa shape index (κ3) is 5.11. The minimum atomic E-state index is -7.12. The van der Waals surface area contributed by atoms with Crippen molar-refractivity contribution in [2.24, 2.45) is 0 Å². The summed E-state index contributed by atoms with van der Waals surface area (Å²) in [7, 11) is -7.12. The van der Waals surface area contributed by atoms with Gasteiger partial charge < -0.3 is 4.55 Å². The van der Waals surface area contributed by atoms with E-state index in [9.17, 15) is 48.1 Å². The first-order valence-electron chi connectivity index (χ1n) is 3.31. The van der Waals surface area contributed by atoms with Crippen molar-refractivity contribution >= 4 is 32.7 Å². The van der Waals surface area contributed by atoms with E-state index in [0.717, 1.165) is 0 Å². The minimum absolute atomic E-state index is 0. The molecule has 0 aliphatic carbocycles. The van der Waals surface area contributed by atoms with Crippen molar-refractivity contribution in [3.8, 4) is 0 Å². The zero-order valence-corrected chi connectivity index (χ0v) is 14.5. The monoisotopic (exact) mass is 462 g/mol. The fourth-order valence-corrected chi connectivity index (χ4v) is 0.867. The van der Waals surface area contributed by atoms with E-state index >= 15 is 0 Å². The molecule has 0 atom stereocenters. The number of hydrogen-bond donors (Lipinski definition) is 0. The molecule has 0 fully saturated rings. The third-order valence-electron chi connectivity index (χ3n) is 1.24. The zero-order chi connectivity index (χ0) is 15.2. The first-order valence-corrected chi connectivity index (χ1v) is 5.80. The summed E-state index contributed by atoms with van der Waals surface area (Å²) >= 11 is -0.406. The average Bonchev–Trinajstić information content (AvgIpc) is 1.96. The Hall–Kier alpha value is 1.68. The Morgan fingerprint density at radius 2 is 1.21 bits per heavy atom. The Labute approximate surface area is 156 Å². The Balaban J connectivity index is 0. The van der Waals surface area contributed by atoms with E-state index in [4.69, 9.17) is 0 Å². The van der Waals surface area contributed by atoms with Gasteiger partial charge in [0.2, 0.25) is 0 Å². The van der Waals surface area contributed by atoms with E-state index in [1.165, 1.54) is 0 Å². The molecule has 19 heavy (non-hydrogen) atoms. The standard InChI is InChI=1S/C4HF8IO4S.K/c5-1(6,13)2(7,8)17-3(9,10)4(11,12)18(14,15)16;/h(H,14,15,16);/q;+1/p-1. The number of ether oxygens (including phenoxy) is 1. The van der Waals surface area contributed by atoms with Crippen LogP contribution in [0.1, 0.15) is 0 Å². The van der Waals surface area contributed by atoms with Crippen LogP contribution in [0.3, 0.4) is 0 Å². The predicted octanol–water partition coefficient (Wildman–Crippen LogP) is -0.642. The molecule has 0 aromatic heterocycles. The summed E-state index contributed by atoms with van der Waals surface area (Å²) in [6.07, 6.45) is -12.8. The number of rotatable bonds is 5. The zero-order valence-electron chi connectivity index (χ0n) is 8.44. The molecule has 0 saturated carbocycles. The number of halogens is 9. The maximum absolute atomic E-state index is 12.4. The van der Waals surface area contributed by atoms with Crippen molar-refractivity contribution in [3.05, 3.63) is 0 Å². The molecule has 0 aromatic carbocycles. The van der Waals surface area contributed by atoms with E-state index in [-0.39, 0.29) is 51.4 Å². The Morgan fingerprint density at radius 3 is 1.42 bits per heavy atom. The van der Waals surface area contributed by atoms with Gasteiger partial charge in [-0.15, -0.1) is 0 Å². The van der Waals surface area contributed by atoms with Gasteiger partial charge in [-0.25, -0.2) is 13.2 Å². The minimum Gasteiger partial charge on any atom is -0.743 e. The van der Waals surface area contributed by atoms with Crippen LogP contribution in [0.25, 0.3) is 0 Å². The fourth-order valence-electron chi connectivity index (χ4n) is 0.424. The topological polar surface area (TPSA) is 66.4 Å². The Bertz CT molecular complexity index is 419. The van der Waals surface area contributed by atoms with Crippen LogP contribution in [0.15, 0.2) is 0 Å². The van der Waals surface area contributed by atoms with Crippen LogP contribution in [-0.4, -0.2) is 34.4 Å². The molecule has 0 unspecified atom stereocenters. The van der Waals surface area contributed by atoms with E-state index in [0.29, 0.717) is 0 Å². The maximum atomic E-state index is 12.4. The smallest absolute Gasteiger partial charge is 0.743 e. The molecule has 0 bridgehead atoms. The first-order chi connectivity index (χ1) is 7.46. The van der Waals surface area contributed by atoms with Gasteiger partial charge in [0.1, 0.15) is 0 Å². The van der Waals surface area contributed by atoms with Gasteiger partial charge in [0.25, 0.3) is 0 Å². The van der Waals surface area contributed by atoms with Crippen molar-refractivity contribution in [2.45, 2.75) is 21.4 Å². The van der Waals surface area contributed by atoms with Crippen LogP contribution in [0, 0.1) is 0 Å². The summed E-state index contributed by atoms with van der Waals surface area (Å²) in [5.74, 6) is 0. The van der Waals surface area contributed by atoms with E-state index in [1.807, 2.05) is 4.74 Å². The fraction of sp³-hybridized carbons (Fsp3) is 1.00. The SMILES string of the molecule is O=S(=O)([O-])C(F)(F)C(F)(F)OC(F)(F)C(F)(F)I.[K+]. The largest absolute Gasteiger partial charge is 1.00 e. The number of hydrogen-bond acceptors (Lipinski definition) is 4. The third-order valence-corrected chi connectivity index (χ3v) is 2.73. The van der Waals surface area contributed by atoms with E-state index < -0.39 is 54.1 Å². The molecule has 0 aliphatic rings. The van der Waals surface area contributed by atoms with Gasteiger partial charge in [0.05, 0.1) is 0 Å². The van der Waals surface area contributed by atoms with Crippen LogP contribution in [-0.2, 0) is 14.9 Å². The molecule has 0 rings (SSSR count). The van der Waals surface area contributed by atoms with Gasteiger partial charge >= 0.3 is 72.8 Å². The van der Waals surface area contributed by atoms with Crippen LogP contribution >= 0.6 is 22.6 Å². The molecule has 0 amide bonds. The summed E-state index contributed by atoms with van der Waals surface area (Å²) in [4.78, 5) is 0. The summed E-state index contributed by atoms with van der Waals surface area (Å²) in [5.41, 5.74) is 0. The second-order valence-electron chi connectivity index (χ2n) is 2.60. The molecule has 0 radical (unpaired) electrons. The first kappa shape index (κ1) is 22.9. The van der Waals surface area contributed by atoms with Crippen molar-refractivity contribution in [1.82, 2.24) is 0 Å². The van der Waals surface area contributed by atoms with Gasteiger partial charge in [-0.05, 0) is 0 Å². The van der Waals surface area contributed by atoms with E-state index in [2.05, 4.69) is 0 Å². The Kier molecular flexibility index (Phi) is 7.76. The van der Waals surface area contributed by atoms with Crippen molar-refractivity contribution in [3.63, 3.8) is 0 Å². The van der Waals surface area contributed by atoms with Crippen molar-refractivity contribution in [1.29, 1.82) is 0 Å². The van der Waals surface area contributed by atoms with Gasteiger partial charge in [-0.3, -0.25) is 0 Å².